The molecule has 0 spiro atoms. The normalized spacial score (nSPS) is 50.9. The summed E-state index contributed by atoms with van der Waals surface area (Å²) in [5.41, 5.74) is 0.0433. The van der Waals surface area contributed by atoms with Gasteiger partial charge >= 0.3 is 9.15 Å². The maximum atomic E-state index is 12.8. The van der Waals surface area contributed by atoms with Crippen LogP contribution in [0.25, 0.3) is 0 Å². The second kappa shape index (κ2) is 6.46. The van der Waals surface area contributed by atoms with Crippen LogP contribution in [0.3, 0.4) is 0 Å². The van der Waals surface area contributed by atoms with E-state index in [1.165, 1.54) is 38.5 Å². The van der Waals surface area contributed by atoms with E-state index in [1.807, 2.05) is 0 Å². The quantitative estimate of drug-likeness (QED) is 0.539. The lowest BCUT2D eigenvalue weighted by Gasteiger charge is -2.55. The number of fused-ring (bicyclic) bond motifs is 7. The molecule has 4 nitrogen and oxygen atoms in total. The fourth-order valence-electron chi connectivity index (χ4n) is 8.44. The van der Waals surface area contributed by atoms with Crippen LogP contribution in [0.4, 0.5) is 0 Å². The summed E-state index contributed by atoms with van der Waals surface area (Å²) < 4.78 is 31.0. The first kappa shape index (κ1) is 18.9. The van der Waals surface area contributed by atoms with Gasteiger partial charge in [-0.15, -0.1) is 0 Å². The second-order valence-electron chi connectivity index (χ2n) is 10.4. The minimum absolute atomic E-state index is 0.0189. The van der Waals surface area contributed by atoms with Crippen molar-refractivity contribution in [3.63, 3.8) is 0 Å². The van der Waals surface area contributed by atoms with Crippen LogP contribution >= 0.6 is 10.8 Å². The van der Waals surface area contributed by atoms with Crippen LogP contribution in [0.5, 0.6) is 0 Å². The van der Waals surface area contributed by atoms with Gasteiger partial charge in [-0.25, -0.2) is 0 Å². The highest BCUT2D eigenvalue weighted by Crippen LogP contribution is 2.67. The van der Waals surface area contributed by atoms with Crippen molar-refractivity contribution in [1.82, 2.24) is 0 Å². The van der Waals surface area contributed by atoms with Crippen molar-refractivity contribution < 1.29 is 17.8 Å². The molecule has 152 valence electrons. The molecule has 0 aromatic heterocycles. The maximum Gasteiger partial charge on any atom is 0.320 e. The van der Waals surface area contributed by atoms with Crippen LogP contribution in [0, 0.1) is 52.8 Å². The number of carbonyl (C=O) groups is 1. The van der Waals surface area contributed by atoms with Crippen molar-refractivity contribution >= 4 is 25.7 Å². The van der Waals surface area contributed by atoms with Gasteiger partial charge in [0.2, 0.25) is 0 Å². The summed E-state index contributed by atoms with van der Waals surface area (Å²) in [5, 5.41) is 0. The first-order valence-electron chi connectivity index (χ1n) is 10.9. The van der Waals surface area contributed by atoms with Gasteiger partial charge in [-0.05, 0) is 105 Å². The summed E-state index contributed by atoms with van der Waals surface area (Å²) in [6, 6.07) is 0. The molecule has 6 heteroatoms. The number of Topliss-reactive ketones (excluding diaryl/α,β-unsaturated/α-hetero) is 1. The Kier molecular flexibility index (Phi) is 4.53. The summed E-state index contributed by atoms with van der Waals surface area (Å²) >= 11 is 0. The van der Waals surface area contributed by atoms with Crippen molar-refractivity contribution in [3.8, 4) is 0 Å². The molecule has 0 aromatic carbocycles. The van der Waals surface area contributed by atoms with E-state index in [9.17, 15) is 13.2 Å². The van der Waals surface area contributed by atoms with Gasteiger partial charge in [-0.3, -0.25) is 9.35 Å². The lowest BCUT2D eigenvalue weighted by Crippen LogP contribution is -2.49. The first-order chi connectivity index (χ1) is 12.8. The molecule has 1 N–H and O–H groups in total. The number of rotatable bonds is 4. The zero-order valence-electron chi connectivity index (χ0n) is 16.2. The number of ketones is 1. The molecule has 0 aliphatic heterocycles. The third kappa shape index (κ3) is 3.13. The van der Waals surface area contributed by atoms with Gasteiger partial charge in [0.1, 0.15) is 5.78 Å². The van der Waals surface area contributed by atoms with Crippen LogP contribution in [0.15, 0.2) is 0 Å². The summed E-state index contributed by atoms with van der Waals surface area (Å²) in [5.74, 6) is 6.27. The Bertz CT molecular complexity index is 734. The summed E-state index contributed by atoms with van der Waals surface area (Å²) in [7, 11) is -3.75. The van der Waals surface area contributed by atoms with Gasteiger partial charge in [0.05, 0.1) is 5.75 Å². The van der Waals surface area contributed by atoms with Crippen molar-refractivity contribution in [2.45, 2.75) is 64.7 Å². The molecule has 9 unspecified atom stereocenters. The third-order valence-electron chi connectivity index (χ3n) is 9.56. The molecule has 0 aromatic rings. The predicted octanol–water partition coefficient (Wildman–Crippen LogP) is 4.61. The Labute approximate surface area is 166 Å². The molecule has 9 atom stereocenters. The monoisotopic (exact) mass is 412 g/mol. The minimum atomic E-state index is -4.14. The highest BCUT2D eigenvalue weighted by Gasteiger charge is 2.60. The summed E-state index contributed by atoms with van der Waals surface area (Å²) in [6.07, 6.45) is 11.6. The average molecular weight is 413 g/mol. The molecule has 0 amide bonds. The van der Waals surface area contributed by atoms with E-state index in [-0.39, 0.29) is 22.9 Å². The largest absolute Gasteiger partial charge is 0.320 e. The molecule has 0 heterocycles. The van der Waals surface area contributed by atoms with E-state index in [2.05, 4.69) is 6.92 Å². The lowest BCUT2D eigenvalue weighted by molar-refractivity contribution is -0.127. The third-order valence-corrected chi connectivity index (χ3v) is 11.5. The molecule has 5 aliphatic carbocycles. The van der Waals surface area contributed by atoms with E-state index in [1.54, 1.807) is 0 Å². The second-order valence-corrected chi connectivity index (χ2v) is 13.8. The van der Waals surface area contributed by atoms with E-state index in [0.29, 0.717) is 16.7 Å². The summed E-state index contributed by atoms with van der Waals surface area (Å²) in [4.78, 5) is 12.8. The van der Waals surface area contributed by atoms with Gasteiger partial charge < -0.3 is 0 Å². The molecule has 0 saturated heterocycles. The average Bonchev–Trinajstić information content (AvgIpc) is 3.33. The Morgan fingerprint density at radius 1 is 0.963 bits per heavy atom. The van der Waals surface area contributed by atoms with E-state index < -0.39 is 9.15 Å². The molecule has 0 radical (unpaired) electrons. The highest BCUT2D eigenvalue weighted by molar-refractivity contribution is 8.70. The lowest BCUT2D eigenvalue weighted by atomic mass is 9.49. The van der Waals surface area contributed by atoms with Gasteiger partial charge in [-0.2, -0.15) is 8.42 Å². The van der Waals surface area contributed by atoms with Crippen LogP contribution in [-0.2, 0) is 13.9 Å². The summed E-state index contributed by atoms with van der Waals surface area (Å²) in [6.45, 7) is 2.31. The molecule has 5 aliphatic rings. The fraction of sp³-hybridized carbons (Fsp3) is 0.952. The minimum Gasteiger partial charge on any atom is -0.298 e. The van der Waals surface area contributed by atoms with Crippen molar-refractivity contribution in [2.75, 3.05) is 5.75 Å². The van der Waals surface area contributed by atoms with E-state index in [4.69, 9.17) is 4.55 Å². The Morgan fingerprint density at radius 2 is 1.63 bits per heavy atom. The predicted molar refractivity (Wildman–Crippen MR) is 107 cm³/mol. The highest BCUT2D eigenvalue weighted by atomic mass is 33.1. The molecule has 0 bridgehead atoms. The van der Waals surface area contributed by atoms with Crippen LogP contribution in [0.2, 0.25) is 0 Å². The van der Waals surface area contributed by atoms with E-state index in [0.717, 1.165) is 54.8 Å². The van der Waals surface area contributed by atoms with Crippen LogP contribution < -0.4 is 0 Å². The van der Waals surface area contributed by atoms with Crippen LogP contribution in [-0.4, -0.2) is 24.5 Å². The van der Waals surface area contributed by atoms with Crippen molar-refractivity contribution in [2.24, 2.45) is 52.8 Å². The van der Waals surface area contributed by atoms with Gasteiger partial charge in [-0.1, -0.05) is 6.92 Å². The molecule has 5 fully saturated rings. The van der Waals surface area contributed by atoms with Gasteiger partial charge in [0, 0.05) is 16.7 Å². The zero-order valence-corrected chi connectivity index (χ0v) is 17.8. The molecule has 5 saturated carbocycles. The van der Waals surface area contributed by atoms with Gasteiger partial charge in [0.15, 0.2) is 0 Å². The zero-order chi connectivity index (χ0) is 19.0. The molecule has 5 rings (SSSR count). The smallest absolute Gasteiger partial charge is 0.298 e. The molecule has 27 heavy (non-hydrogen) atoms. The Hall–Kier alpha value is -0.0700. The fourth-order valence-corrected chi connectivity index (χ4v) is 9.70. The number of hydrogen-bond donors (Lipinski definition) is 1. The standard InChI is InChI=1S/C21H32O4S2/c1-21-9-8-15-13-3-2-12-10-17(12)14(13)4-5-16(15)18(21)6-7-19(21)20(22)11-26-27(23,24)25/h12-19H,2-11H2,1H3,(H,23,24,25). The SMILES string of the molecule is CC12CCC3C4CCC5CC5C4CCC3C1CCC2C(=O)CSS(=O)(=O)O. The van der Waals surface area contributed by atoms with Crippen molar-refractivity contribution in [1.29, 1.82) is 0 Å². The molecular formula is C21H32O4S2. The Morgan fingerprint density at radius 3 is 2.41 bits per heavy atom. The number of carbonyl (C=O) groups excluding carboxylic acids is 1. The maximum absolute atomic E-state index is 12.8. The van der Waals surface area contributed by atoms with Gasteiger partial charge in [0.25, 0.3) is 0 Å². The van der Waals surface area contributed by atoms with Crippen molar-refractivity contribution in [3.05, 3.63) is 0 Å². The first-order valence-corrected chi connectivity index (χ1v) is 13.9. The van der Waals surface area contributed by atoms with Crippen LogP contribution in [0.1, 0.15) is 64.7 Å². The Balaban J connectivity index is 1.31. The molecular weight excluding hydrogens is 380 g/mol. The number of hydrogen-bond acceptors (Lipinski definition) is 4. The topological polar surface area (TPSA) is 71.4 Å². The van der Waals surface area contributed by atoms with E-state index >= 15 is 0 Å².